The molecule has 4 rings (SSSR count). The van der Waals surface area contributed by atoms with E-state index in [0.29, 0.717) is 19.8 Å². The number of nitrogens with one attached hydrogen (secondary N) is 2. The molecule has 0 aliphatic carbocycles. The van der Waals surface area contributed by atoms with Gasteiger partial charge in [-0.15, -0.1) is 0 Å². The molecular weight excluding hydrogens is 564 g/mol. The zero-order chi connectivity index (χ0) is 19.3. The maximum atomic E-state index is 12.8. The molecule has 0 spiro atoms. The highest BCUT2D eigenvalue weighted by Gasteiger charge is 2.40. The third-order valence-corrected chi connectivity index (χ3v) is 6.86. The number of anilines is 1. The van der Waals surface area contributed by atoms with Gasteiger partial charge in [-0.2, -0.15) is 0 Å². The highest BCUT2D eigenvalue weighted by Crippen LogP contribution is 2.43. The van der Waals surface area contributed by atoms with Crippen molar-refractivity contribution in [1.29, 1.82) is 0 Å². The van der Waals surface area contributed by atoms with Crippen LogP contribution in [0.1, 0.15) is 11.7 Å². The fourth-order valence-corrected chi connectivity index (χ4v) is 5.94. The van der Waals surface area contributed by atoms with Crippen molar-refractivity contribution in [2.75, 3.05) is 11.6 Å². The van der Waals surface area contributed by atoms with Crippen LogP contribution in [0.3, 0.4) is 0 Å². The molecule has 0 amide bonds. The summed E-state index contributed by atoms with van der Waals surface area (Å²) in [6.45, 7) is 0. The predicted octanol–water partition coefficient (Wildman–Crippen LogP) is 4.41. The summed E-state index contributed by atoms with van der Waals surface area (Å²) in [6, 6.07) is 9.34. The molecule has 138 valence electrons. The zero-order valence-corrected chi connectivity index (χ0v) is 19.3. The molecule has 2 aromatic carbocycles. The van der Waals surface area contributed by atoms with Crippen LogP contribution in [0.4, 0.5) is 5.69 Å². The van der Waals surface area contributed by atoms with Crippen molar-refractivity contribution in [3.8, 4) is 17.0 Å². The third-order valence-electron chi connectivity index (χ3n) is 4.23. The molecule has 0 fully saturated rings. The van der Waals surface area contributed by atoms with Gasteiger partial charge in [0.2, 0.25) is 5.16 Å². The monoisotopic (exact) mass is 573 g/mol. The van der Waals surface area contributed by atoms with Crippen LogP contribution in [0.25, 0.3) is 11.3 Å². The van der Waals surface area contributed by atoms with Crippen molar-refractivity contribution in [2.45, 2.75) is 11.3 Å². The van der Waals surface area contributed by atoms with Gasteiger partial charge in [-0.05, 0) is 61.0 Å². The van der Waals surface area contributed by atoms with Gasteiger partial charge in [-0.3, -0.25) is 9.78 Å². The minimum Gasteiger partial charge on any atom is -0.506 e. The van der Waals surface area contributed by atoms with E-state index in [2.05, 4.69) is 63.2 Å². The lowest BCUT2D eigenvalue weighted by molar-refractivity contribution is -0.759. The van der Waals surface area contributed by atoms with Gasteiger partial charge in [0.1, 0.15) is 5.75 Å². The van der Waals surface area contributed by atoms with Gasteiger partial charge in [-0.25, -0.2) is 0 Å². The number of H-pyrrole nitrogens is 1. The number of phenols is 1. The number of hydrogen-bond donors (Lipinski definition) is 3. The lowest BCUT2D eigenvalue weighted by atomic mass is 10.0. The van der Waals surface area contributed by atoms with E-state index >= 15 is 0 Å². The van der Waals surface area contributed by atoms with Crippen LogP contribution in [0, 0.1) is 0 Å². The third kappa shape index (κ3) is 3.12. The molecule has 0 unspecified atom stereocenters. The standard InChI is InChI=1S/C17H11Br3N4O2S/c1-27-17-22-16(26)13-7-4-2-3-5-10(7)21-15(24(13)23-17)11-8(18)6-9(19)14(25)12(11)20/h2-6,15H,1H3,(H2,22,23,25,26)/p+1/t15-/m1/s1. The average Bonchev–Trinajstić information content (AvgIpc) is 2.65. The molecule has 6 nitrogen and oxygen atoms in total. The summed E-state index contributed by atoms with van der Waals surface area (Å²) in [5.74, 6) is 0.0749. The molecule has 1 aliphatic heterocycles. The van der Waals surface area contributed by atoms with Crippen LogP contribution in [0.15, 0.2) is 53.7 Å². The van der Waals surface area contributed by atoms with Gasteiger partial charge < -0.3 is 10.4 Å². The highest BCUT2D eigenvalue weighted by molar-refractivity contribution is 9.11. The topological polar surface area (TPSA) is 81.9 Å². The maximum absolute atomic E-state index is 12.8. The fourth-order valence-electron chi connectivity index (χ4n) is 3.02. The van der Waals surface area contributed by atoms with Crippen molar-refractivity contribution < 1.29 is 9.79 Å². The fraction of sp³-hybridized carbons (Fsp3) is 0.118. The molecule has 10 heteroatoms. The number of hydrogen-bond acceptors (Lipinski definition) is 5. The Hall–Kier alpha value is -1.36. The molecule has 0 saturated carbocycles. The largest absolute Gasteiger partial charge is 0.506 e. The Morgan fingerprint density at radius 1 is 1.22 bits per heavy atom. The molecule has 3 aromatic rings. The van der Waals surface area contributed by atoms with E-state index in [-0.39, 0.29) is 11.3 Å². The summed E-state index contributed by atoms with van der Waals surface area (Å²) in [5.41, 5.74) is 2.54. The number of fused-ring (bicyclic) bond motifs is 3. The minimum atomic E-state index is -0.508. The molecule has 0 saturated heterocycles. The number of para-hydroxylation sites is 1. The molecule has 1 aromatic heterocycles. The summed E-state index contributed by atoms with van der Waals surface area (Å²) in [5, 5.41) is 18.9. The average molecular weight is 576 g/mol. The summed E-state index contributed by atoms with van der Waals surface area (Å²) >= 11 is 11.7. The Bertz CT molecular complexity index is 1140. The van der Waals surface area contributed by atoms with E-state index in [9.17, 15) is 9.90 Å². The maximum Gasteiger partial charge on any atom is 0.325 e. The second-order valence-corrected chi connectivity index (χ2v) is 9.06. The molecule has 0 radical (unpaired) electrons. The Morgan fingerprint density at radius 3 is 2.70 bits per heavy atom. The van der Waals surface area contributed by atoms with E-state index < -0.39 is 6.17 Å². The second kappa shape index (κ2) is 7.23. The normalized spacial score (nSPS) is 15.0. The summed E-state index contributed by atoms with van der Waals surface area (Å²) < 4.78 is 3.47. The van der Waals surface area contributed by atoms with Gasteiger partial charge in [0, 0.05) is 9.57 Å². The molecule has 27 heavy (non-hydrogen) atoms. The number of benzene rings is 2. The van der Waals surface area contributed by atoms with Gasteiger partial charge in [0.05, 0.1) is 25.8 Å². The Kier molecular flexibility index (Phi) is 5.08. The first-order chi connectivity index (χ1) is 12.9. The molecule has 1 aliphatic rings. The van der Waals surface area contributed by atoms with Crippen molar-refractivity contribution >= 4 is 65.2 Å². The first-order valence-electron chi connectivity index (χ1n) is 7.74. The van der Waals surface area contributed by atoms with Gasteiger partial charge >= 0.3 is 11.3 Å². The van der Waals surface area contributed by atoms with Crippen LogP contribution in [0.5, 0.6) is 5.75 Å². The predicted molar refractivity (Wildman–Crippen MR) is 115 cm³/mol. The van der Waals surface area contributed by atoms with E-state index in [1.165, 1.54) is 11.8 Å². The number of halogens is 3. The number of rotatable bonds is 2. The summed E-state index contributed by atoms with van der Waals surface area (Å²) in [6.07, 6.45) is 1.34. The van der Waals surface area contributed by atoms with Crippen LogP contribution >= 0.6 is 59.6 Å². The number of phenolic OH excluding ortho intramolecular Hbond substituents is 1. The van der Waals surface area contributed by atoms with Crippen LogP contribution in [-0.4, -0.2) is 21.4 Å². The van der Waals surface area contributed by atoms with E-state index in [0.717, 1.165) is 21.3 Å². The number of thioether (sulfide) groups is 1. The number of aromatic nitrogens is 3. The second-order valence-electron chi connectivity index (χ2n) is 5.77. The lowest BCUT2D eigenvalue weighted by Gasteiger charge is -2.24. The summed E-state index contributed by atoms with van der Waals surface area (Å²) in [4.78, 5) is 15.7. The first kappa shape index (κ1) is 19.0. The Morgan fingerprint density at radius 2 is 1.96 bits per heavy atom. The molecule has 0 bridgehead atoms. The van der Waals surface area contributed by atoms with Gasteiger partial charge in [-0.1, -0.05) is 39.8 Å². The van der Waals surface area contributed by atoms with Crippen molar-refractivity contribution in [2.24, 2.45) is 0 Å². The van der Waals surface area contributed by atoms with Crippen LogP contribution in [0.2, 0.25) is 0 Å². The van der Waals surface area contributed by atoms with Crippen LogP contribution < -0.4 is 15.6 Å². The molecule has 3 N–H and O–H groups in total. The van der Waals surface area contributed by atoms with Gasteiger partial charge in [0.15, 0.2) is 0 Å². The zero-order valence-electron chi connectivity index (χ0n) is 13.8. The van der Waals surface area contributed by atoms with Gasteiger partial charge in [0.25, 0.3) is 6.17 Å². The van der Waals surface area contributed by atoms with Crippen molar-refractivity contribution in [3.05, 3.63) is 59.7 Å². The number of nitrogens with zero attached hydrogens (tertiary/aromatic N) is 2. The molecule has 2 heterocycles. The first-order valence-corrected chi connectivity index (χ1v) is 11.3. The van der Waals surface area contributed by atoms with Crippen molar-refractivity contribution in [3.63, 3.8) is 0 Å². The Balaban J connectivity index is 2.05. The SMILES string of the molecule is CSc1n[n+]2c(c(=O)[nH]1)-c1ccccc1N[C@H]2c1c(Br)cc(Br)c(O)c1Br. The number of aromatic amines is 1. The van der Waals surface area contributed by atoms with Crippen molar-refractivity contribution in [1.82, 2.24) is 10.1 Å². The summed E-state index contributed by atoms with van der Waals surface area (Å²) in [7, 11) is 0. The van der Waals surface area contributed by atoms with E-state index in [4.69, 9.17) is 0 Å². The van der Waals surface area contributed by atoms with Crippen LogP contribution in [-0.2, 0) is 0 Å². The Labute approximate surface area is 183 Å². The lowest BCUT2D eigenvalue weighted by Crippen LogP contribution is -2.55. The smallest absolute Gasteiger partial charge is 0.325 e. The minimum absolute atomic E-state index is 0.0749. The highest BCUT2D eigenvalue weighted by atomic mass is 79.9. The quantitative estimate of drug-likeness (QED) is 0.311. The van der Waals surface area contributed by atoms with E-state index in [1.807, 2.05) is 30.5 Å². The van der Waals surface area contributed by atoms with E-state index in [1.54, 1.807) is 10.7 Å². The molecular formula is C17H12Br3N4O2S+. The molecule has 1 atom stereocenters. The number of aromatic hydroxyl groups is 1.